The van der Waals surface area contributed by atoms with E-state index < -0.39 is 0 Å². The van der Waals surface area contributed by atoms with Crippen LogP contribution in [0, 0.1) is 0 Å². The summed E-state index contributed by atoms with van der Waals surface area (Å²) in [5.41, 5.74) is 11.3. The second kappa shape index (κ2) is 12.9. The molecule has 5 heteroatoms. The van der Waals surface area contributed by atoms with Crippen LogP contribution >= 0.6 is 11.3 Å². The Morgan fingerprint density at radius 1 is 0.561 bits per heavy atom. The molecule has 1 aliphatic carbocycles. The number of allylic oxidation sites excluding steroid dienone is 4. The predicted molar refractivity (Wildman–Crippen MR) is 241 cm³/mol. The third-order valence-electron chi connectivity index (χ3n) is 11.8. The van der Waals surface area contributed by atoms with E-state index >= 15 is 0 Å². The smallest absolute Gasteiger partial charge is 0.261 e. The van der Waals surface area contributed by atoms with E-state index in [-0.39, 0.29) is 6.71 Å². The molecule has 0 saturated heterocycles. The minimum atomic E-state index is -0.110. The number of hydrogen-bond donors (Lipinski definition) is 0. The van der Waals surface area contributed by atoms with Crippen LogP contribution in [0.5, 0.6) is 23.0 Å². The van der Waals surface area contributed by atoms with Crippen molar-refractivity contribution in [3.63, 3.8) is 0 Å². The minimum absolute atomic E-state index is 0.110. The molecule has 0 radical (unpaired) electrons. The molecule has 12 rings (SSSR count). The van der Waals surface area contributed by atoms with Crippen LogP contribution in [0.2, 0.25) is 0 Å². The van der Waals surface area contributed by atoms with E-state index in [1.54, 1.807) is 0 Å². The largest absolute Gasteiger partial charge is 0.458 e. The summed E-state index contributed by atoms with van der Waals surface area (Å²) < 4.78 is 17.0. The average molecular weight is 748 g/mol. The van der Waals surface area contributed by atoms with E-state index in [2.05, 4.69) is 187 Å². The highest BCUT2D eigenvalue weighted by Gasteiger charge is 2.44. The first-order valence-corrected chi connectivity index (χ1v) is 20.5. The van der Waals surface area contributed by atoms with Crippen LogP contribution in [-0.2, 0) is 0 Å². The van der Waals surface area contributed by atoms with Crippen LogP contribution < -0.4 is 30.8 Å². The maximum Gasteiger partial charge on any atom is 0.261 e. The van der Waals surface area contributed by atoms with Crippen LogP contribution in [0.4, 0.5) is 17.1 Å². The number of hydrogen-bond acceptors (Lipinski definition) is 4. The Morgan fingerprint density at radius 3 is 2.18 bits per heavy atom. The highest BCUT2D eigenvalue weighted by Crippen LogP contribution is 2.49. The number of rotatable bonds is 5. The molecule has 8 aromatic carbocycles. The van der Waals surface area contributed by atoms with Gasteiger partial charge in [0, 0.05) is 49.5 Å². The van der Waals surface area contributed by atoms with E-state index in [0.717, 1.165) is 80.5 Å². The van der Waals surface area contributed by atoms with Crippen molar-refractivity contribution in [2.24, 2.45) is 0 Å². The highest BCUT2D eigenvalue weighted by atomic mass is 32.1. The van der Waals surface area contributed by atoms with Gasteiger partial charge in [0.05, 0.1) is 10.4 Å². The fourth-order valence-corrected chi connectivity index (χ4v) is 10.5. The Bertz CT molecular complexity index is 3150. The molecule has 0 bridgehead atoms. The Morgan fingerprint density at radius 2 is 1.32 bits per heavy atom. The van der Waals surface area contributed by atoms with Gasteiger partial charge in [-0.05, 0) is 88.1 Å². The molecule has 0 atom stereocenters. The molecule has 0 amide bonds. The van der Waals surface area contributed by atoms with Gasteiger partial charge in [-0.25, -0.2) is 0 Å². The zero-order valence-electron chi connectivity index (χ0n) is 31.0. The molecule has 0 fully saturated rings. The fourth-order valence-electron chi connectivity index (χ4n) is 9.29. The molecule has 0 spiro atoms. The van der Waals surface area contributed by atoms with E-state index in [4.69, 9.17) is 9.47 Å². The number of para-hydroxylation sites is 1. The van der Waals surface area contributed by atoms with Crippen LogP contribution in [0.15, 0.2) is 182 Å². The van der Waals surface area contributed by atoms with Gasteiger partial charge in [0.15, 0.2) is 0 Å². The summed E-state index contributed by atoms with van der Waals surface area (Å²) >= 11 is 1.85. The average Bonchev–Trinajstić information content (AvgIpc) is 3.67. The zero-order chi connectivity index (χ0) is 37.5. The Kier molecular flexibility index (Phi) is 7.32. The van der Waals surface area contributed by atoms with Gasteiger partial charge in [-0.2, -0.15) is 0 Å². The van der Waals surface area contributed by atoms with Gasteiger partial charge in [0.25, 0.3) is 6.71 Å². The molecule has 268 valence electrons. The van der Waals surface area contributed by atoms with Gasteiger partial charge in [-0.15, -0.1) is 11.3 Å². The first-order chi connectivity index (χ1) is 28.3. The topological polar surface area (TPSA) is 21.7 Å². The van der Waals surface area contributed by atoms with Crippen molar-refractivity contribution in [2.45, 2.75) is 12.8 Å². The van der Waals surface area contributed by atoms with Gasteiger partial charge >= 0.3 is 0 Å². The van der Waals surface area contributed by atoms with Gasteiger partial charge < -0.3 is 14.4 Å². The predicted octanol–water partition coefficient (Wildman–Crippen LogP) is 12.8. The summed E-state index contributed by atoms with van der Waals surface area (Å²) in [5.74, 6) is 3.51. The van der Waals surface area contributed by atoms with Gasteiger partial charge in [-0.3, -0.25) is 0 Å². The summed E-state index contributed by atoms with van der Waals surface area (Å²) in [6.07, 6.45) is 8.64. The third-order valence-corrected chi connectivity index (χ3v) is 13.1. The first kappa shape index (κ1) is 32.4. The third kappa shape index (κ3) is 5.05. The Balaban J connectivity index is 1.13. The molecule has 3 heterocycles. The van der Waals surface area contributed by atoms with E-state index in [1.165, 1.54) is 42.0 Å². The van der Waals surface area contributed by atoms with Crippen molar-refractivity contribution in [2.75, 3.05) is 4.90 Å². The summed E-state index contributed by atoms with van der Waals surface area (Å²) in [7, 11) is 0. The van der Waals surface area contributed by atoms with E-state index in [1.807, 2.05) is 11.3 Å². The molecular weight excluding hydrogens is 713 g/mol. The Hall–Kier alpha value is -6.82. The van der Waals surface area contributed by atoms with Gasteiger partial charge in [0.1, 0.15) is 23.0 Å². The molecule has 1 aromatic heterocycles. The molecule has 0 N–H and O–H groups in total. The van der Waals surface area contributed by atoms with Gasteiger partial charge in [-0.1, -0.05) is 133 Å². The first-order valence-electron chi connectivity index (χ1n) is 19.7. The van der Waals surface area contributed by atoms with E-state index in [0.29, 0.717) is 0 Å². The highest BCUT2D eigenvalue weighted by molar-refractivity contribution is 7.26. The molecule has 3 aliphatic rings. The van der Waals surface area contributed by atoms with Crippen LogP contribution in [0.25, 0.3) is 47.6 Å². The number of ether oxygens (including phenoxy) is 2. The normalized spacial score (nSPS) is 13.8. The number of fused-ring (bicyclic) bond motifs is 9. The number of nitrogens with zero attached hydrogens (tertiary/aromatic N) is 1. The lowest BCUT2D eigenvalue weighted by atomic mass is 9.34. The number of anilines is 3. The number of thiophene rings is 1. The lowest BCUT2D eigenvalue weighted by Gasteiger charge is -2.37. The van der Waals surface area contributed by atoms with Crippen molar-refractivity contribution in [3.05, 3.63) is 188 Å². The lowest BCUT2D eigenvalue weighted by Crippen LogP contribution is -2.58. The zero-order valence-corrected chi connectivity index (χ0v) is 31.8. The van der Waals surface area contributed by atoms with Crippen molar-refractivity contribution < 1.29 is 9.47 Å². The molecule has 3 nitrogen and oxygen atoms in total. The second-order valence-corrected chi connectivity index (χ2v) is 16.1. The maximum atomic E-state index is 7.34. The van der Waals surface area contributed by atoms with Crippen LogP contribution in [0.1, 0.15) is 18.4 Å². The Labute approximate surface area is 335 Å². The lowest BCUT2D eigenvalue weighted by molar-refractivity contribution is 0.465. The maximum absolute atomic E-state index is 7.34. The minimum Gasteiger partial charge on any atom is -0.458 e. The summed E-state index contributed by atoms with van der Waals surface area (Å²) in [5, 5.41) is 4.94. The molecular formula is C52H34BNO2S. The quantitative estimate of drug-likeness (QED) is 0.164. The standard InChI is InChI=1S/C52H34BNO2S/c1-4-15-33(16-5-1)41-32-42(34-17-6-2-7-18-34)51-49-50(41)55-45-30-27-35-19-10-11-22-38(35)48(45)53(49)43-29-28-37(31-46(43)56-51)54(36-20-8-3-9-21-36)44-25-14-24-40-39-23-12-13-26-47(39)57-52(40)44/h1-4,6-15,17-32H,5,16H2. The van der Waals surface area contributed by atoms with Crippen molar-refractivity contribution >= 4 is 88.0 Å². The monoisotopic (exact) mass is 747 g/mol. The number of benzene rings is 8. The SMILES string of the molecule is C1=CCCC(c2cc(-c3ccccc3)c3c4c2Oc2ccc5ccccc5c2B4c2ccc(N(c4ccccc4)c4cccc5c4sc4ccccc45)cc2O3)=C1. The fraction of sp³-hybridized carbons (Fsp3) is 0.0385. The summed E-state index contributed by atoms with van der Waals surface area (Å²) in [6, 6.07) is 59.0. The van der Waals surface area contributed by atoms with Crippen LogP contribution in [0.3, 0.4) is 0 Å². The summed E-state index contributed by atoms with van der Waals surface area (Å²) in [6.45, 7) is -0.110. The molecule has 57 heavy (non-hydrogen) atoms. The second-order valence-electron chi connectivity index (χ2n) is 15.0. The van der Waals surface area contributed by atoms with Gasteiger partial charge in [0.2, 0.25) is 0 Å². The van der Waals surface area contributed by atoms with E-state index in [9.17, 15) is 0 Å². The van der Waals surface area contributed by atoms with Crippen molar-refractivity contribution in [1.29, 1.82) is 0 Å². The van der Waals surface area contributed by atoms with Crippen molar-refractivity contribution in [1.82, 2.24) is 0 Å². The summed E-state index contributed by atoms with van der Waals surface area (Å²) in [4.78, 5) is 2.39. The van der Waals surface area contributed by atoms with Crippen LogP contribution in [-0.4, -0.2) is 6.71 Å². The van der Waals surface area contributed by atoms with Crippen molar-refractivity contribution in [3.8, 4) is 34.1 Å². The molecule has 2 aliphatic heterocycles. The molecule has 0 saturated carbocycles. The molecule has 0 unspecified atom stereocenters. The molecule has 9 aromatic rings.